The summed E-state index contributed by atoms with van der Waals surface area (Å²) in [5, 5.41) is 3.62. The molecule has 0 aliphatic heterocycles. The van der Waals surface area contributed by atoms with Crippen LogP contribution >= 0.6 is 23.2 Å². The van der Waals surface area contributed by atoms with Gasteiger partial charge in [-0.05, 0) is 30.9 Å². The molecule has 1 aromatic heterocycles. The first-order chi connectivity index (χ1) is 8.58. The topological polar surface area (TPSA) is 42.0 Å². The van der Waals surface area contributed by atoms with E-state index in [1.54, 1.807) is 12.1 Å². The van der Waals surface area contributed by atoms with Gasteiger partial charge in [-0.1, -0.05) is 43.0 Å². The van der Waals surface area contributed by atoms with Gasteiger partial charge in [-0.15, -0.1) is 0 Å². The molecule has 2 atom stereocenters. The molecule has 1 aliphatic rings. The quantitative estimate of drug-likeness (QED) is 0.843. The molecule has 1 heterocycles. The molecule has 5 heteroatoms. The number of hydrogen-bond donors (Lipinski definition) is 1. The highest BCUT2D eigenvalue weighted by molar-refractivity contribution is 6.34. The Morgan fingerprint density at radius 3 is 2.78 bits per heavy atom. The van der Waals surface area contributed by atoms with Crippen LogP contribution in [0.25, 0.3) is 0 Å². The number of aromatic nitrogens is 1. The molecule has 3 nitrogen and oxygen atoms in total. The number of halogens is 2. The maximum absolute atomic E-state index is 12.1. The lowest BCUT2D eigenvalue weighted by Crippen LogP contribution is -2.41. The Morgan fingerprint density at radius 2 is 2.06 bits per heavy atom. The van der Waals surface area contributed by atoms with E-state index in [0.717, 1.165) is 19.3 Å². The molecule has 1 N–H and O–H groups in total. The zero-order valence-corrected chi connectivity index (χ0v) is 11.8. The monoisotopic (exact) mass is 286 g/mol. The summed E-state index contributed by atoms with van der Waals surface area (Å²) in [4.78, 5) is 16.1. The van der Waals surface area contributed by atoms with Crippen LogP contribution in [-0.2, 0) is 0 Å². The van der Waals surface area contributed by atoms with Gasteiger partial charge in [-0.3, -0.25) is 4.79 Å². The SMILES string of the molecule is CC1CCCCC1NC(=O)c1nc(Cl)ccc1Cl. The van der Waals surface area contributed by atoms with Crippen molar-refractivity contribution in [1.82, 2.24) is 10.3 Å². The van der Waals surface area contributed by atoms with Crippen LogP contribution in [0.1, 0.15) is 43.1 Å². The van der Waals surface area contributed by atoms with Crippen molar-refractivity contribution in [2.45, 2.75) is 38.6 Å². The van der Waals surface area contributed by atoms with Crippen LogP contribution in [-0.4, -0.2) is 16.9 Å². The number of hydrogen-bond acceptors (Lipinski definition) is 2. The second-order valence-electron chi connectivity index (χ2n) is 4.81. The molecule has 0 radical (unpaired) electrons. The first-order valence-electron chi connectivity index (χ1n) is 6.21. The molecule has 98 valence electrons. The fourth-order valence-electron chi connectivity index (χ4n) is 2.35. The molecule has 0 saturated heterocycles. The Hall–Kier alpha value is -0.800. The predicted molar refractivity (Wildman–Crippen MR) is 73.1 cm³/mol. The molecule has 0 aromatic carbocycles. The third-order valence-corrected chi connectivity index (χ3v) is 3.97. The fraction of sp³-hybridized carbons (Fsp3) is 0.538. The molecule has 18 heavy (non-hydrogen) atoms. The maximum Gasteiger partial charge on any atom is 0.271 e. The number of rotatable bonds is 2. The third-order valence-electron chi connectivity index (χ3n) is 3.46. The summed E-state index contributed by atoms with van der Waals surface area (Å²) in [5.41, 5.74) is 0.210. The largest absolute Gasteiger partial charge is 0.348 e. The molecule has 0 spiro atoms. The zero-order chi connectivity index (χ0) is 13.1. The summed E-state index contributed by atoms with van der Waals surface area (Å²) in [7, 11) is 0. The van der Waals surface area contributed by atoms with E-state index in [1.807, 2.05) is 0 Å². The van der Waals surface area contributed by atoms with Gasteiger partial charge >= 0.3 is 0 Å². The number of pyridine rings is 1. The van der Waals surface area contributed by atoms with Crippen molar-refractivity contribution in [1.29, 1.82) is 0 Å². The number of nitrogens with zero attached hydrogens (tertiary/aromatic N) is 1. The number of amides is 1. The first kappa shape index (κ1) is 13.6. The summed E-state index contributed by atoms with van der Waals surface area (Å²) in [6.07, 6.45) is 4.57. The van der Waals surface area contributed by atoms with E-state index in [0.29, 0.717) is 10.9 Å². The molecule has 2 unspecified atom stereocenters. The summed E-state index contributed by atoms with van der Waals surface area (Å²) in [5.74, 6) is 0.266. The second-order valence-corrected chi connectivity index (χ2v) is 5.60. The van der Waals surface area contributed by atoms with E-state index >= 15 is 0 Å². The van der Waals surface area contributed by atoms with Crippen molar-refractivity contribution in [3.8, 4) is 0 Å². The minimum atomic E-state index is -0.235. The lowest BCUT2D eigenvalue weighted by Gasteiger charge is -2.29. The van der Waals surface area contributed by atoms with Gasteiger partial charge in [-0.2, -0.15) is 0 Å². The van der Waals surface area contributed by atoms with E-state index < -0.39 is 0 Å². The Bertz CT molecular complexity index is 451. The summed E-state index contributed by atoms with van der Waals surface area (Å²) in [6, 6.07) is 3.38. The summed E-state index contributed by atoms with van der Waals surface area (Å²) < 4.78 is 0. The Labute approximate surface area is 117 Å². The van der Waals surface area contributed by atoms with Crippen LogP contribution in [0.4, 0.5) is 0 Å². The normalized spacial score (nSPS) is 23.7. The van der Waals surface area contributed by atoms with Crippen molar-refractivity contribution in [3.63, 3.8) is 0 Å². The molecule has 1 amide bonds. The van der Waals surface area contributed by atoms with Crippen molar-refractivity contribution < 1.29 is 4.79 Å². The summed E-state index contributed by atoms with van der Waals surface area (Å²) in [6.45, 7) is 2.16. The minimum Gasteiger partial charge on any atom is -0.348 e. The van der Waals surface area contributed by atoms with Gasteiger partial charge in [0.05, 0.1) is 5.02 Å². The van der Waals surface area contributed by atoms with Crippen LogP contribution in [0.3, 0.4) is 0 Å². The Morgan fingerprint density at radius 1 is 1.33 bits per heavy atom. The molecule has 1 fully saturated rings. The Balaban J connectivity index is 2.09. The lowest BCUT2D eigenvalue weighted by molar-refractivity contribution is 0.0905. The Kier molecular flexibility index (Phi) is 4.46. The molecular formula is C13H16Cl2N2O. The molecule has 0 bridgehead atoms. The molecule has 1 aliphatic carbocycles. The maximum atomic E-state index is 12.1. The van der Waals surface area contributed by atoms with Crippen LogP contribution in [0.2, 0.25) is 10.2 Å². The van der Waals surface area contributed by atoms with Gasteiger partial charge in [0.2, 0.25) is 0 Å². The average molecular weight is 287 g/mol. The molecule has 1 saturated carbocycles. The van der Waals surface area contributed by atoms with E-state index in [2.05, 4.69) is 17.2 Å². The molecule has 1 aromatic rings. The lowest BCUT2D eigenvalue weighted by atomic mass is 9.86. The first-order valence-corrected chi connectivity index (χ1v) is 6.96. The zero-order valence-electron chi connectivity index (χ0n) is 10.2. The van der Waals surface area contributed by atoms with Crippen LogP contribution < -0.4 is 5.32 Å². The van der Waals surface area contributed by atoms with Crippen molar-refractivity contribution in [2.75, 3.05) is 0 Å². The van der Waals surface area contributed by atoms with Gasteiger partial charge in [0.1, 0.15) is 10.8 Å². The van der Waals surface area contributed by atoms with Crippen LogP contribution in [0.15, 0.2) is 12.1 Å². The van der Waals surface area contributed by atoms with Gasteiger partial charge in [0.25, 0.3) is 5.91 Å². The number of carbonyl (C=O) groups is 1. The standard InChI is InChI=1S/C13H16Cl2N2O/c1-8-4-2-3-5-10(8)16-13(18)12-9(14)6-7-11(15)17-12/h6-8,10H,2-5H2,1H3,(H,16,18). The van der Waals surface area contributed by atoms with Crippen LogP contribution in [0.5, 0.6) is 0 Å². The molecular weight excluding hydrogens is 271 g/mol. The molecule has 2 rings (SSSR count). The highest BCUT2D eigenvalue weighted by Gasteiger charge is 2.24. The summed E-state index contributed by atoms with van der Waals surface area (Å²) >= 11 is 11.7. The highest BCUT2D eigenvalue weighted by atomic mass is 35.5. The van der Waals surface area contributed by atoms with Crippen molar-refractivity contribution >= 4 is 29.1 Å². The predicted octanol–water partition coefficient (Wildman–Crippen LogP) is 3.70. The van der Waals surface area contributed by atoms with Gasteiger partial charge in [-0.25, -0.2) is 4.98 Å². The van der Waals surface area contributed by atoms with Crippen molar-refractivity contribution in [3.05, 3.63) is 28.0 Å². The van der Waals surface area contributed by atoms with Gasteiger partial charge in [0, 0.05) is 6.04 Å². The fourth-order valence-corrected chi connectivity index (χ4v) is 2.68. The third kappa shape index (κ3) is 3.15. The smallest absolute Gasteiger partial charge is 0.271 e. The van der Waals surface area contributed by atoms with Gasteiger partial charge < -0.3 is 5.32 Å². The van der Waals surface area contributed by atoms with Gasteiger partial charge in [0.15, 0.2) is 0 Å². The number of nitrogens with one attached hydrogen (secondary N) is 1. The van der Waals surface area contributed by atoms with Crippen molar-refractivity contribution in [2.24, 2.45) is 5.92 Å². The van der Waals surface area contributed by atoms with E-state index in [-0.39, 0.29) is 22.8 Å². The van der Waals surface area contributed by atoms with E-state index in [1.165, 1.54) is 6.42 Å². The minimum absolute atomic E-state index is 0.210. The number of carbonyl (C=O) groups excluding carboxylic acids is 1. The van der Waals surface area contributed by atoms with E-state index in [9.17, 15) is 4.79 Å². The second kappa shape index (κ2) is 5.89. The highest BCUT2D eigenvalue weighted by Crippen LogP contribution is 2.24. The average Bonchev–Trinajstić information content (AvgIpc) is 2.35. The van der Waals surface area contributed by atoms with Crippen LogP contribution in [0, 0.1) is 5.92 Å². The van der Waals surface area contributed by atoms with E-state index in [4.69, 9.17) is 23.2 Å².